The Morgan fingerprint density at radius 3 is 2.73 bits per heavy atom. The quantitative estimate of drug-likeness (QED) is 0.804. The van der Waals surface area contributed by atoms with Crippen LogP contribution in [-0.4, -0.2) is 43.3 Å². The normalized spacial score (nSPS) is 15.4. The zero-order valence-corrected chi connectivity index (χ0v) is 16.5. The number of hydrogen-bond donors (Lipinski definition) is 1. The summed E-state index contributed by atoms with van der Waals surface area (Å²) in [5.74, 6) is 1.30. The third-order valence-electron chi connectivity index (χ3n) is 4.11. The fourth-order valence-electron chi connectivity index (χ4n) is 2.63. The van der Waals surface area contributed by atoms with Crippen molar-refractivity contribution in [2.24, 2.45) is 0 Å². The minimum Gasteiger partial charge on any atom is -0.480 e. The van der Waals surface area contributed by atoms with E-state index in [0.717, 1.165) is 28.9 Å². The van der Waals surface area contributed by atoms with Gasteiger partial charge in [-0.2, -0.15) is 0 Å². The van der Waals surface area contributed by atoms with E-state index < -0.39 is 6.10 Å². The molecule has 1 N–H and O–H groups in total. The van der Waals surface area contributed by atoms with Gasteiger partial charge in [0.25, 0.3) is 5.91 Å². The van der Waals surface area contributed by atoms with Crippen LogP contribution in [0.5, 0.6) is 5.75 Å². The average Bonchev–Trinajstić information content (AvgIpc) is 2.65. The molecule has 7 heteroatoms. The lowest BCUT2D eigenvalue weighted by molar-refractivity contribution is -0.122. The number of aromatic nitrogens is 1. The lowest BCUT2D eigenvalue weighted by Crippen LogP contribution is -2.36. The second-order valence-electron chi connectivity index (χ2n) is 6.19. The fraction of sp³-hybridized carbons (Fsp3) is 0.368. The highest BCUT2D eigenvalue weighted by molar-refractivity contribution is 9.10. The number of morpholine rings is 1. The molecule has 2 heterocycles. The fourth-order valence-corrected chi connectivity index (χ4v) is 3.22. The van der Waals surface area contributed by atoms with E-state index in [1.165, 1.54) is 0 Å². The zero-order chi connectivity index (χ0) is 18.5. The van der Waals surface area contributed by atoms with Gasteiger partial charge in [0.05, 0.1) is 29.6 Å². The van der Waals surface area contributed by atoms with Crippen LogP contribution in [0.3, 0.4) is 0 Å². The van der Waals surface area contributed by atoms with E-state index in [2.05, 4.69) is 31.1 Å². The largest absolute Gasteiger partial charge is 0.480 e. The molecule has 1 saturated heterocycles. The predicted molar refractivity (Wildman–Crippen MR) is 105 cm³/mol. The van der Waals surface area contributed by atoms with Gasteiger partial charge in [-0.25, -0.2) is 4.98 Å². The van der Waals surface area contributed by atoms with Crippen molar-refractivity contribution in [1.29, 1.82) is 0 Å². The number of amides is 1. The number of aryl methyl sites for hydroxylation is 1. The van der Waals surface area contributed by atoms with Crippen molar-refractivity contribution in [3.8, 4) is 5.75 Å². The molecule has 1 aliphatic rings. The van der Waals surface area contributed by atoms with E-state index in [1.54, 1.807) is 13.1 Å². The Balaban J connectivity index is 1.58. The van der Waals surface area contributed by atoms with Gasteiger partial charge in [0, 0.05) is 13.1 Å². The molecule has 1 aromatic heterocycles. The van der Waals surface area contributed by atoms with Gasteiger partial charge < -0.3 is 19.7 Å². The van der Waals surface area contributed by atoms with E-state index in [4.69, 9.17) is 9.47 Å². The van der Waals surface area contributed by atoms with E-state index in [1.807, 2.05) is 37.3 Å². The molecule has 1 atom stereocenters. The minimum atomic E-state index is -0.632. The van der Waals surface area contributed by atoms with E-state index >= 15 is 0 Å². The Labute approximate surface area is 161 Å². The van der Waals surface area contributed by atoms with Crippen molar-refractivity contribution >= 4 is 33.3 Å². The highest BCUT2D eigenvalue weighted by atomic mass is 79.9. The maximum absolute atomic E-state index is 12.4. The number of hydrogen-bond acceptors (Lipinski definition) is 5. The van der Waals surface area contributed by atoms with Gasteiger partial charge in [0.15, 0.2) is 6.10 Å². The van der Waals surface area contributed by atoms with Crippen LogP contribution >= 0.6 is 15.9 Å². The first-order valence-corrected chi connectivity index (χ1v) is 9.34. The molecule has 1 aromatic carbocycles. The van der Waals surface area contributed by atoms with Crippen LogP contribution in [0.2, 0.25) is 0 Å². The van der Waals surface area contributed by atoms with Crippen LogP contribution in [0.15, 0.2) is 41.0 Å². The number of anilines is 2. The third-order valence-corrected chi connectivity index (χ3v) is 4.73. The summed E-state index contributed by atoms with van der Waals surface area (Å²) in [6.45, 7) is 6.80. The maximum atomic E-state index is 12.4. The average molecular weight is 420 g/mol. The number of benzene rings is 1. The maximum Gasteiger partial charge on any atom is 0.265 e. The molecule has 0 saturated carbocycles. The van der Waals surface area contributed by atoms with Gasteiger partial charge in [-0.15, -0.1) is 0 Å². The third kappa shape index (κ3) is 4.74. The Morgan fingerprint density at radius 2 is 2.08 bits per heavy atom. The molecular formula is C19H22BrN3O3. The predicted octanol–water partition coefficient (Wildman–Crippen LogP) is 3.40. The number of pyridine rings is 1. The highest BCUT2D eigenvalue weighted by Crippen LogP contribution is 2.27. The first-order chi connectivity index (χ1) is 12.5. The van der Waals surface area contributed by atoms with Crippen molar-refractivity contribution < 1.29 is 14.3 Å². The molecule has 1 aliphatic heterocycles. The van der Waals surface area contributed by atoms with Gasteiger partial charge >= 0.3 is 0 Å². The molecule has 0 aliphatic carbocycles. The van der Waals surface area contributed by atoms with Crippen LogP contribution < -0.4 is 15.0 Å². The van der Waals surface area contributed by atoms with Crippen LogP contribution in [0, 0.1) is 6.92 Å². The summed E-state index contributed by atoms with van der Waals surface area (Å²) in [7, 11) is 0. The zero-order valence-electron chi connectivity index (χ0n) is 14.9. The summed E-state index contributed by atoms with van der Waals surface area (Å²) in [6.07, 6.45) is 1.03. The molecule has 0 radical (unpaired) electrons. The topological polar surface area (TPSA) is 63.7 Å². The smallest absolute Gasteiger partial charge is 0.265 e. The molecule has 1 fully saturated rings. The highest BCUT2D eigenvalue weighted by Gasteiger charge is 2.17. The lowest BCUT2D eigenvalue weighted by atomic mass is 10.2. The van der Waals surface area contributed by atoms with Crippen molar-refractivity contribution in [2.45, 2.75) is 20.0 Å². The molecule has 1 amide bonds. The number of carbonyl (C=O) groups excluding carboxylic acids is 1. The summed E-state index contributed by atoms with van der Waals surface area (Å²) in [6, 6.07) is 9.50. The van der Waals surface area contributed by atoms with Gasteiger partial charge in [0.1, 0.15) is 11.6 Å². The standard InChI is InChI=1S/C19H22BrN3O3/c1-13-3-5-17(16(20)11-13)26-14(2)19(24)22-15-4-6-18(21-12-15)23-7-9-25-10-8-23/h3-6,11-12,14H,7-10H2,1-2H3,(H,22,24). The van der Waals surface area contributed by atoms with Crippen LogP contribution in [0.1, 0.15) is 12.5 Å². The van der Waals surface area contributed by atoms with Gasteiger partial charge in [-0.1, -0.05) is 6.07 Å². The van der Waals surface area contributed by atoms with Crippen LogP contribution in [0.25, 0.3) is 0 Å². The monoisotopic (exact) mass is 419 g/mol. The summed E-state index contributed by atoms with van der Waals surface area (Å²) in [5.41, 5.74) is 1.76. The molecule has 6 nitrogen and oxygen atoms in total. The van der Waals surface area contributed by atoms with E-state index in [-0.39, 0.29) is 5.91 Å². The Morgan fingerprint density at radius 1 is 1.31 bits per heavy atom. The second kappa shape index (κ2) is 8.51. The SMILES string of the molecule is Cc1ccc(OC(C)C(=O)Nc2ccc(N3CCOCC3)nc2)c(Br)c1. The van der Waals surface area contributed by atoms with Gasteiger partial charge in [-0.05, 0) is 59.6 Å². The summed E-state index contributed by atoms with van der Waals surface area (Å²) in [4.78, 5) is 19.0. The Bertz CT molecular complexity index is 761. The molecule has 138 valence electrons. The van der Waals surface area contributed by atoms with Crippen LogP contribution in [-0.2, 0) is 9.53 Å². The Hall–Kier alpha value is -2.12. The van der Waals surface area contributed by atoms with Crippen molar-refractivity contribution in [3.63, 3.8) is 0 Å². The molecule has 3 rings (SSSR count). The van der Waals surface area contributed by atoms with E-state index in [9.17, 15) is 4.79 Å². The number of ether oxygens (including phenoxy) is 2. The molecule has 2 aromatic rings. The minimum absolute atomic E-state index is 0.224. The lowest BCUT2D eigenvalue weighted by Gasteiger charge is -2.27. The number of carbonyl (C=O) groups is 1. The number of rotatable bonds is 5. The molecule has 1 unspecified atom stereocenters. The first-order valence-electron chi connectivity index (χ1n) is 8.55. The van der Waals surface area contributed by atoms with Crippen molar-refractivity contribution in [3.05, 3.63) is 46.6 Å². The first kappa shape index (κ1) is 18.7. The second-order valence-corrected chi connectivity index (χ2v) is 7.04. The van der Waals surface area contributed by atoms with E-state index in [0.29, 0.717) is 24.7 Å². The van der Waals surface area contributed by atoms with Crippen molar-refractivity contribution in [1.82, 2.24) is 4.98 Å². The van der Waals surface area contributed by atoms with Crippen molar-refractivity contribution in [2.75, 3.05) is 36.5 Å². The summed E-state index contributed by atoms with van der Waals surface area (Å²) in [5, 5.41) is 2.84. The van der Waals surface area contributed by atoms with Gasteiger partial charge in [0.2, 0.25) is 0 Å². The Kier molecular flexibility index (Phi) is 6.11. The van der Waals surface area contributed by atoms with Crippen LogP contribution in [0.4, 0.5) is 11.5 Å². The summed E-state index contributed by atoms with van der Waals surface area (Å²) >= 11 is 3.46. The molecular weight excluding hydrogens is 398 g/mol. The van der Waals surface area contributed by atoms with Gasteiger partial charge in [-0.3, -0.25) is 4.79 Å². The molecule has 0 spiro atoms. The number of nitrogens with zero attached hydrogens (tertiary/aromatic N) is 2. The summed E-state index contributed by atoms with van der Waals surface area (Å²) < 4.78 is 11.9. The molecule has 26 heavy (non-hydrogen) atoms. The molecule has 0 bridgehead atoms. The number of nitrogens with one attached hydrogen (secondary N) is 1. The number of halogens is 1.